The summed E-state index contributed by atoms with van der Waals surface area (Å²) in [5.41, 5.74) is 9.33. The predicted octanol–water partition coefficient (Wildman–Crippen LogP) is 6.41. The lowest BCUT2D eigenvalue weighted by atomic mass is 10.1. The molecule has 3 aromatic carbocycles. The van der Waals surface area contributed by atoms with E-state index >= 15 is 0 Å². The highest BCUT2D eigenvalue weighted by Crippen LogP contribution is 2.44. The lowest BCUT2D eigenvalue weighted by Gasteiger charge is -2.10. The smallest absolute Gasteiger partial charge is 0.211 e. The van der Waals surface area contributed by atoms with Crippen molar-refractivity contribution in [1.29, 1.82) is 0 Å². The number of carbonyl (C=O) groups excluding carboxylic acids is 1. The Bertz CT molecular complexity index is 1430. The zero-order valence-electron chi connectivity index (χ0n) is 17.9. The van der Waals surface area contributed by atoms with E-state index in [2.05, 4.69) is 5.32 Å². The van der Waals surface area contributed by atoms with E-state index in [0.29, 0.717) is 16.3 Å². The first-order valence-electron chi connectivity index (χ1n) is 10.0. The summed E-state index contributed by atoms with van der Waals surface area (Å²) in [4.78, 5) is 13.4. The molecule has 8 heteroatoms. The van der Waals surface area contributed by atoms with Crippen molar-refractivity contribution in [2.24, 2.45) is 0 Å². The van der Waals surface area contributed by atoms with Crippen LogP contribution in [-0.4, -0.2) is 14.2 Å². The van der Waals surface area contributed by atoms with Gasteiger partial charge >= 0.3 is 0 Å². The molecule has 0 aliphatic carbocycles. The number of nitrogen functional groups attached to an aromatic ring is 1. The number of anilines is 3. The molecule has 4 aromatic rings. The van der Waals surface area contributed by atoms with Gasteiger partial charge in [-0.3, -0.25) is 4.79 Å². The Labute approximate surface area is 201 Å². The number of benzene rings is 3. The van der Waals surface area contributed by atoms with Crippen LogP contribution < -0.4 is 11.1 Å². The van der Waals surface area contributed by atoms with Gasteiger partial charge in [-0.25, -0.2) is 8.42 Å². The Kier molecular flexibility index (Phi) is 6.30. The number of nitrogens with two attached hydrogens (primary N) is 1. The Morgan fingerprint density at radius 1 is 0.879 bits per heavy atom. The molecule has 0 fully saturated rings. The van der Waals surface area contributed by atoms with Crippen molar-refractivity contribution < 1.29 is 13.2 Å². The van der Waals surface area contributed by atoms with Crippen molar-refractivity contribution in [3.05, 3.63) is 99.4 Å². The van der Waals surface area contributed by atoms with E-state index in [-0.39, 0.29) is 31.1 Å². The molecule has 4 rings (SSSR count). The monoisotopic (exact) mass is 496 g/mol. The molecule has 1 aromatic heterocycles. The van der Waals surface area contributed by atoms with Crippen molar-refractivity contribution in [1.82, 2.24) is 0 Å². The number of aryl methyl sites for hydroxylation is 2. The zero-order valence-corrected chi connectivity index (χ0v) is 20.3. The summed E-state index contributed by atoms with van der Waals surface area (Å²) < 4.78 is 27.2. The van der Waals surface area contributed by atoms with Gasteiger partial charge in [-0.2, -0.15) is 0 Å². The van der Waals surface area contributed by atoms with E-state index < -0.39 is 9.84 Å². The number of rotatable bonds is 6. The Morgan fingerprint density at radius 3 is 2.00 bits per heavy atom. The molecular formula is C25H21ClN2O3S2. The molecule has 0 saturated carbocycles. The molecule has 0 spiro atoms. The van der Waals surface area contributed by atoms with Crippen LogP contribution in [0.4, 0.5) is 16.4 Å². The number of sulfone groups is 1. The summed E-state index contributed by atoms with van der Waals surface area (Å²) in [7, 11) is -4.00. The van der Waals surface area contributed by atoms with E-state index in [0.717, 1.165) is 22.5 Å². The first kappa shape index (κ1) is 23.0. The van der Waals surface area contributed by atoms with Gasteiger partial charge in [0.25, 0.3) is 0 Å². The second-order valence-corrected chi connectivity index (χ2v) is 11.0. The summed E-state index contributed by atoms with van der Waals surface area (Å²) in [6.07, 6.45) is 0. The van der Waals surface area contributed by atoms with E-state index in [4.69, 9.17) is 17.3 Å². The third kappa shape index (κ3) is 4.66. The number of thiophene rings is 1. The average molecular weight is 497 g/mol. The lowest BCUT2D eigenvalue weighted by molar-refractivity contribution is 0.104. The molecule has 0 radical (unpaired) electrons. The summed E-state index contributed by atoms with van der Waals surface area (Å²) >= 11 is 6.96. The van der Waals surface area contributed by atoms with Gasteiger partial charge in [0.15, 0.2) is 0 Å². The second kappa shape index (κ2) is 9.02. The van der Waals surface area contributed by atoms with E-state index in [9.17, 15) is 13.2 Å². The minimum atomic E-state index is -4.00. The van der Waals surface area contributed by atoms with Gasteiger partial charge in [-0.15, -0.1) is 11.3 Å². The number of nitrogens with one attached hydrogen (secondary N) is 1. The molecule has 168 valence electrons. The lowest BCUT2D eigenvalue weighted by Crippen LogP contribution is -2.08. The summed E-state index contributed by atoms with van der Waals surface area (Å²) in [5.74, 6) is -0.369. The first-order valence-corrected chi connectivity index (χ1v) is 12.7. The summed E-state index contributed by atoms with van der Waals surface area (Å²) in [6, 6.07) is 20.4. The van der Waals surface area contributed by atoms with Crippen molar-refractivity contribution >= 4 is 54.9 Å². The second-order valence-electron chi connectivity index (χ2n) is 7.65. The van der Waals surface area contributed by atoms with E-state index in [1.165, 1.54) is 12.1 Å². The van der Waals surface area contributed by atoms with Gasteiger partial charge in [-0.05, 0) is 62.4 Å². The van der Waals surface area contributed by atoms with Crippen molar-refractivity contribution in [2.45, 2.75) is 23.6 Å². The van der Waals surface area contributed by atoms with Crippen LogP contribution in [0.2, 0.25) is 5.02 Å². The van der Waals surface area contributed by atoms with Crippen molar-refractivity contribution in [3.8, 4) is 0 Å². The fourth-order valence-corrected chi connectivity index (χ4v) is 6.34. The topological polar surface area (TPSA) is 89.3 Å². The fraction of sp³-hybridized carbons (Fsp3) is 0.0800. The van der Waals surface area contributed by atoms with Crippen LogP contribution in [0.3, 0.4) is 0 Å². The highest BCUT2D eigenvalue weighted by molar-refractivity contribution is 7.92. The standard InChI is InChI=1S/C25H21ClN2O3S2/c1-15-3-11-19(12-4-15)28-25-24(33(30,31)20-13-5-16(2)6-14-20)21(27)23(32-25)22(29)17-7-9-18(26)10-8-17/h3-14,28H,27H2,1-2H3. The van der Waals surface area contributed by atoms with Gasteiger partial charge in [-0.1, -0.05) is 47.0 Å². The van der Waals surface area contributed by atoms with Gasteiger partial charge in [0, 0.05) is 16.3 Å². The maximum Gasteiger partial charge on any atom is 0.211 e. The minimum absolute atomic E-state index is 0.0739. The molecule has 0 amide bonds. The van der Waals surface area contributed by atoms with Crippen LogP contribution >= 0.6 is 22.9 Å². The zero-order chi connectivity index (χ0) is 23.8. The van der Waals surface area contributed by atoms with Crippen LogP contribution in [0.15, 0.2) is 82.6 Å². The molecule has 0 atom stereocenters. The number of halogens is 1. The molecule has 1 heterocycles. The van der Waals surface area contributed by atoms with Crippen molar-refractivity contribution in [2.75, 3.05) is 11.1 Å². The first-order chi connectivity index (χ1) is 15.7. The SMILES string of the molecule is Cc1ccc(Nc2sc(C(=O)c3ccc(Cl)cc3)c(N)c2S(=O)(=O)c2ccc(C)cc2)cc1. The van der Waals surface area contributed by atoms with Crippen molar-refractivity contribution in [3.63, 3.8) is 0 Å². The molecule has 0 bridgehead atoms. The predicted molar refractivity (Wildman–Crippen MR) is 135 cm³/mol. The molecule has 0 unspecified atom stereocenters. The third-order valence-electron chi connectivity index (χ3n) is 5.12. The fourth-order valence-electron chi connectivity index (χ4n) is 3.28. The maximum absolute atomic E-state index is 13.6. The summed E-state index contributed by atoms with van der Waals surface area (Å²) in [6.45, 7) is 3.84. The highest BCUT2D eigenvalue weighted by atomic mass is 35.5. The number of ketones is 1. The summed E-state index contributed by atoms with van der Waals surface area (Å²) in [5, 5.41) is 3.93. The van der Waals surface area contributed by atoms with Gasteiger partial charge in [0.2, 0.25) is 15.6 Å². The van der Waals surface area contributed by atoms with E-state index in [1.54, 1.807) is 36.4 Å². The number of carbonyl (C=O) groups is 1. The molecule has 5 nitrogen and oxygen atoms in total. The Morgan fingerprint density at radius 2 is 1.42 bits per heavy atom. The molecular weight excluding hydrogens is 476 g/mol. The van der Waals surface area contributed by atoms with Gasteiger partial charge < -0.3 is 11.1 Å². The quantitative estimate of drug-likeness (QED) is 0.301. The highest BCUT2D eigenvalue weighted by Gasteiger charge is 2.31. The van der Waals surface area contributed by atoms with Crippen LogP contribution in [0, 0.1) is 13.8 Å². The molecule has 0 aliphatic heterocycles. The molecule has 0 saturated heterocycles. The Hall–Kier alpha value is -3.13. The average Bonchev–Trinajstić information content (AvgIpc) is 3.12. The maximum atomic E-state index is 13.6. The largest absolute Gasteiger partial charge is 0.396 e. The van der Waals surface area contributed by atoms with Crippen LogP contribution in [0.5, 0.6) is 0 Å². The number of hydrogen-bond acceptors (Lipinski definition) is 6. The normalized spacial score (nSPS) is 11.4. The minimum Gasteiger partial charge on any atom is -0.396 e. The molecule has 0 aliphatic rings. The van der Waals surface area contributed by atoms with Gasteiger partial charge in [0.05, 0.1) is 10.6 Å². The molecule has 3 N–H and O–H groups in total. The number of hydrogen-bond donors (Lipinski definition) is 2. The van der Waals surface area contributed by atoms with Crippen LogP contribution in [0.25, 0.3) is 0 Å². The van der Waals surface area contributed by atoms with Crippen LogP contribution in [-0.2, 0) is 9.84 Å². The third-order valence-corrected chi connectivity index (χ3v) is 8.48. The Balaban J connectivity index is 1.87. The van der Waals surface area contributed by atoms with Crippen LogP contribution in [0.1, 0.15) is 26.4 Å². The van der Waals surface area contributed by atoms with Gasteiger partial charge in [0.1, 0.15) is 14.8 Å². The van der Waals surface area contributed by atoms with E-state index in [1.807, 2.05) is 38.1 Å². The molecule has 33 heavy (non-hydrogen) atoms.